The number of ketones is 1. The van der Waals surface area contributed by atoms with Crippen molar-refractivity contribution in [3.8, 4) is 0 Å². The van der Waals surface area contributed by atoms with Gasteiger partial charge in [-0.15, -0.1) is 0 Å². The van der Waals surface area contributed by atoms with Crippen LogP contribution in [0, 0.1) is 6.92 Å². The summed E-state index contributed by atoms with van der Waals surface area (Å²) in [5.74, 6) is 0.0621. The van der Waals surface area contributed by atoms with Gasteiger partial charge in [0.15, 0.2) is 5.78 Å². The monoisotopic (exact) mass is 282 g/mol. The second-order valence-electron chi connectivity index (χ2n) is 5.15. The first-order valence-corrected chi connectivity index (χ1v) is 7.08. The average molecular weight is 282 g/mol. The molecule has 0 radical (unpaired) electrons. The summed E-state index contributed by atoms with van der Waals surface area (Å²) in [6.07, 6.45) is 1.94. The Morgan fingerprint density at radius 2 is 2.05 bits per heavy atom. The number of fused-ring (bicyclic) bond motifs is 1. The number of carbonyl (C=O) groups excluding carboxylic acids is 1. The Morgan fingerprint density at radius 1 is 1.29 bits per heavy atom. The third-order valence-electron chi connectivity index (χ3n) is 3.90. The molecule has 0 saturated heterocycles. The molecule has 0 amide bonds. The molecule has 3 aromatic rings. The fourth-order valence-electron chi connectivity index (χ4n) is 2.59. The number of aromatic nitrogens is 4. The van der Waals surface area contributed by atoms with E-state index in [2.05, 4.69) is 17.1 Å². The van der Waals surface area contributed by atoms with E-state index in [1.165, 1.54) is 0 Å². The van der Waals surface area contributed by atoms with Crippen LogP contribution in [0.5, 0.6) is 0 Å². The molecule has 5 heteroatoms. The second kappa shape index (κ2) is 5.16. The lowest BCUT2D eigenvalue weighted by molar-refractivity contribution is 0.0991. The van der Waals surface area contributed by atoms with Crippen LogP contribution in [-0.4, -0.2) is 25.3 Å². The van der Waals surface area contributed by atoms with E-state index < -0.39 is 0 Å². The zero-order valence-corrected chi connectivity index (χ0v) is 12.5. The Hall–Kier alpha value is -2.43. The normalized spacial score (nSPS) is 11.2. The lowest BCUT2D eigenvalue weighted by atomic mass is 10.1. The van der Waals surface area contributed by atoms with E-state index in [4.69, 9.17) is 0 Å². The molecule has 0 fully saturated rings. The van der Waals surface area contributed by atoms with Gasteiger partial charge < -0.3 is 0 Å². The standard InChI is InChI=1S/C16H18N4O/c1-4-20-15-8-6-5-7-12(15)14(18-20)9-16(21)13-10-17-19(3)11(13)2/h5-8,10H,4,9H2,1-3H3. The van der Waals surface area contributed by atoms with E-state index in [0.717, 1.165) is 28.8 Å². The molecule has 0 N–H and O–H groups in total. The van der Waals surface area contributed by atoms with Gasteiger partial charge in [0, 0.05) is 24.7 Å². The van der Waals surface area contributed by atoms with Crippen LogP contribution in [0.3, 0.4) is 0 Å². The molecule has 3 rings (SSSR count). The van der Waals surface area contributed by atoms with E-state index in [1.54, 1.807) is 10.9 Å². The van der Waals surface area contributed by atoms with Gasteiger partial charge in [-0.05, 0) is 19.9 Å². The summed E-state index contributed by atoms with van der Waals surface area (Å²) in [4.78, 5) is 12.5. The van der Waals surface area contributed by atoms with Gasteiger partial charge in [0.25, 0.3) is 0 Å². The van der Waals surface area contributed by atoms with E-state index in [9.17, 15) is 4.79 Å². The molecule has 0 spiro atoms. The van der Waals surface area contributed by atoms with Crippen LogP contribution in [0.2, 0.25) is 0 Å². The summed E-state index contributed by atoms with van der Waals surface area (Å²) in [6.45, 7) is 4.75. The maximum atomic E-state index is 12.5. The first kappa shape index (κ1) is 13.5. The molecule has 0 aliphatic carbocycles. The summed E-state index contributed by atoms with van der Waals surface area (Å²) in [6, 6.07) is 8.03. The smallest absolute Gasteiger partial charge is 0.172 e. The minimum atomic E-state index is 0.0621. The minimum absolute atomic E-state index is 0.0621. The topological polar surface area (TPSA) is 52.7 Å². The van der Waals surface area contributed by atoms with Gasteiger partial charge in [0.05, 0.1) is 29.4 Å². The molecule has 1 aromatic carbocycles. The Bertz CT molecular complexity index is 813. The van der Waals surface area contributed by atoms with Crippen molar-refractivity contribution >= 4 is 16.7 Å². The van der Waals surface area contributed by atoms with Crippen LogP contribution in [0.1, 0.15) is 28.7 Å². The number of hydrogen-bond donors (Lipinski definition) is 0. The fraction of sp³-hybridized carbons (Fsp3) is 0.312. The highest BCUT2D eigenvalue weighted by molar-refractivity contribution is 6.00. The highest BCUT2D eigenvalue weighted by Gasteiger charge is 2.17. The molecule has 0 saturated carbocycles. The number of carbonyl (C=O) groups is 1. The number of hydrogen-bond acceptors (Lipinski definition) is 3. The first-order valence-electron chi connectivity index (χ1n) is 7.08. The van der Waals surface area contributed by atoms with Crippen molar-refractivity contribution in [1.82, 2.24) is 19.6 Å². The van der Waals surface area contributed by atoms with Crippen LogP contribution in [0.25, 0.3) is 10.9 Å². The summed E-state index contributed by atoms with van der Waals surface area (Å²) < 4.78 is 3.66. The quantitative estimate of drug-likeness (QED) is 0.691. The van der Waals surface area contributed by atoms with Gasteiger partial charge in [-0.1, -0.05) is 18.2 Å². The average Bonchev–Trinajstić information content (AvgIpc) is 3.01. The van der Waals surface area contributed by atoms with Crippen molar-refractivity contribution in [1.29, 1.82) is 0 Å². The summed E-state index contributed by atoms with van der Waals surface area (Å²) in [5, 5.41) is 9.76. The predicted octanol–water partition coefficient (Wildman–Crippen LogP) is 2.52. The van der Waals surface area contributed by atoms with Crippen molar-refractivity contribution in [2.24, 2.45) is 7.05 Å². The molecule has 0 aliphatic rings. The van der Waals surface area contributed by atoms with Crippen molar-refractivity contribution in [3.05, 3.63) is 47.4 Å². The zero-order valence-electron chi connectivity index (χ0n) is 12.5. The summed E-state index contributed by atoms with van der Waals surface area (Å²) in [7, 11) is 1.84. The lowest BCUT2D eigenvalue weighted by Gasteiger charge is -1.99. The highest BCUT2D eigenvalue weighted by Crippen LogP contribution is 2.20. The van der Waals surface area contributed by atoms with Crippen molar-refractivity contribution < 1.29 is 4.79 Å². The molecule has 5 nitrogen and oxygen atoms in total. The van der Waals surface area contributed by atoms with E-state index >= 15 is 0 Å². The fourth-order valence-corrected chi connectivity index (χ4v) is 2.59. The Morgan fingerprint density at radius 3 is 2.71 bits per heavy atom. The van der Waals surface area contributed by atoms with Gasteiger partial charge in [-0.2, -0.15) is 10.2 Å². The van der Waals surface area contributed by atoms with Crippen LogP contribution in [-0.2, 0) is 20.0 Å². The van der Waals surface area contributed by atoms with Crippen LogP contribution >= 0.6 is 0 Å². The lowest BCUT2D eigenvalue weighted by Crippen LogP contribution is -2.07. The zero-order chi connectivity index (χ0) is 15.0. The van der Waals surface area contributed by atoms with Gasteiger partial charge in [0.2, 0.25) is 0 Å². The number of aryl methyl sites for hydroxylation is 2. The Balaban J connectivity index is 1.98. The third kappa shape index (κ3) is 2.24. The summed E-state index contributed by atoms with van der Waals surface area (Å²) >= 11 is 0. The molecular formula is C16H18N4O. The molecule has 0 unspecified atom stereocenters. The molecule has 108 valence electrons. The van der Waals surface area contributed by atoms with Gasteiger partial charge in [-0.3, -0.25) is 14.2 Å². The van der Waals surface area contributed by atoms with Crippen LogP contribution in [0.4, 0.5) is 0 Å². The van der Waals surface area contributed by atoms with Crippen molar-refractivity contribution in [3.63, 3.8) is 0 Å². The molecule has 2 aromatic heterocycles. The predicted molar refractivity (Wildman–Crippen MR) is 81.4 cm³/mol. The number of rotatable bonds is 4. The number of benzene rings is 1. The SMILES string of the molecule is CCn1nc(CC(=O)c2cnn(C)c2C)c2ccccc21. The number of Topliss-reactive ketones (excluding diaryl/α,β-unsaturated/α-hetero) is 1. The van der Waals surface area contributed by atoms with Crippen LogP contribution < -0.4 is 0 Å². The van der Waals surface area contributed by atoms with E-state index in [1.807, 2.05) is 42.9 Å². The maximum absolute atomic E-state index is 12.5. The molecule has 0 atom stereocenters. The molecular weight excluding hydrogens is 264 g/mol. The van der Waals surface area contributed by atoms with Gasteiger partial charge in [0.1, 0.15) is 0 Å². The maximum Gasteiger partial charge on any atom is 0.172 e. The Labute approximate surface area is 123 Å². The minimum Gasteiger partial charge on any atom is -0.294 e. The Kier molecular flexibility index (Phi) is 3.33. The van der Waals surface area contributed by atoms with Crippen molar-refractivity contribution in [2.75, 3.05) is 0 Å². The highest BCUT2D eigenvalue weighted by atomic mass is 16.1. The third-order valence-corrected chi connectivity index (χ3v) is 3.90. The summed E-state index contributed by atoms with van der Waals surface area (Å²) in [5.41, 5.74) is 3.47. The molecule has 21 heavy (non-hydrogen) atoms. The molecule has 2 heterocycles. The molecule has 0 aliphatic heterocycles. The number of nitrogens with zero attached hydrogens (tertiary/aromatic N) is 4. The van der Waals surface area contributed by atoms with Gasteiger partial charge >= 0.3 is 0 Å². The largest absolute Gasteiger partial charge is 0.294 e. The van der Waals surface area contributed by atoms with Crippen LogP contribution in [0.15, 0.2) is 30.5 Å². The van der Waals surface area contributed by atoms with E-state index in [0.29, 0.717) is 12.0 Å². The van der Waals surface area contributed by atoms with Gasteiger partial charge in [-0.25, -0.2) is 0 Å². The first-order chi connectivity index (χ1) is 10.1. The van der Waals surface area contributed by atoms with E-state index in [-0.39, 0.29) is 5.78 Å². The second-order valence-corrected chi connectivity index (χ2v) is 5.15. The number of para-hydroxylation sites is 1. The van der Waals surface area contributed by atoms with Crippen molar-refractivity contribution in [2.45, 2.75) is 26.8 Å². The molecule has 0 bridgehead atoms.